The lowest BCUT2D eigenvalue weighted by Gasteiger charge is -2.48. The Hall–Kier alpha value is -2.64. The Morgan fingerprint density at radius 3 is 1.18 bits per heavy atom. The molecule has 8 heteroatoms. The van der Waals surface area contributed by atoms with Gasteiger partial charge in [0.05, 0.1) is 0 Å². The van der Waals surface area contributed by atoms with Gasteiger partial charge in [-0.15, -0.1) is 0 Å². The third-order valence-electron chi connectivity index (χ3n) is 6.51. The van der Waals surface area contributed by atoms with Crippen LogP contribution >= 0.6 is 0 Å². The van der Waals surface area contributed by atoms with E-state index in [1.165, 1.54) is 9.80 Å². The first-order valence-electron chi connectivity index (χ1n) is 10.7. The van der Waals surface area contributed by atoms with Gasteiger partial charge in [0.2, 0.25) is 0 Å². The van der Waals surface area contributed by atoms with Crippen molar-refractivity contribution in [3.05, 3.63) is 69.0 Å². The van der Waals surface area contributed by atoms with E-state index in [1.807, 2.05) is 38.1 Å². The van der Waals surface area contributed by atoms with E-state index in [1.54, 1.807) is 27.7 Å². The van der Waals surface area contributed by atoms with Crippen molar-refractivity contribution in [3.63, 3.8) is 0 Å². The Kier molecular flexibility index (Phi) is 5.11. The minimum Gasteiger partial charge on any atom is -0.325 e. The second-order valence-electron chi connectivity index (χ2n) is 9.22. The smallest absolute Gasteiger partial charge is 0.325 e. The highest BCUT2D eigenvalue weighted by atomic mass is 19.4. The zero-order valence-electron chi connectivity index (χ0n) is 19.4. The van der Waals surface area contributed by atoms with Gasteiger partial charge in [-0.25, -0.2) is 0 Å². The molecule has 1 saturated heterocycles. The lowest BCUT2D eigenvalue weighted by molar-refractivity contribution is -0.349. The molecule has 0 atom stereocenters. The fourth-order valence-electron chi connectivity index (χ4n) is 5.39. The van der Waals surface area contributed by atoms with Crippen molar-refractivity contribution < 1.29 is 26.3 Å². The van der Waals surface area contributed by atoms with Gasteiger partial charge in [0.1, 0.15) is 11.4 Å². The van der Waals surface area contributed by atoms with Crippen molar-refractivity contribution in [2.75, 3.05) is 22.9 Å². The van der Waals surface area contributed by atoms with Crippen LogP contribution in [0.5, 0.6) is 0 Å². The van der Waals surface area contributed by atoms with Gasteiger partial charge in [0.25, 0.3) is 0 Å². The van der Waals surface area contributed by atoms with E-state index in [4.69, 9.17) is 0 Å². The monoisotopic (exact) mass is 468 g/mol. The summed E-state index contributed by atoms with van der Waals surface area (Å²) < 4.78 is 86.6. The maximum atomic E-state index is 14.7. The fraction of sp³-hybridized carbons (Fsp3) is 0.440. The summed E-state index contributed by atoms with van der Waals surface area (Å²) in [7, 11) is 0. The number of anilines is 2. The average Bonchev–Trinajstić information content (AvgIpc) is 3.02. The van der Waals surface area contributed by atoms with Gasteiger partial charge in [-0.05, 0) is 63.8 Å². The topological polar surface area (TPSA) is 6.48 Å². The van der Waals surface area contributed by atoms with Crippen LogP contribution in [0.4, 0.5) is 37.7 Å². The van der Waals surface area contributed by atoms with Crippen LogP contribution in [0.3, 0.4) is 0 Å². The molecule has 0 N–H and O–H groups in total. The molecule has 4 rings (SSSR count). The zero-order valence-corrected chi connectivity index (χ0v) is 19.4. The first-order valence-corrected chi connectivity index (χ1v) is 10.7. The van der Waals surface area contributed by atoms with Crippen LogP contribution in [0, 0.1) is 41.5 Å². The summed E-state index contributed by atoms with van der Waals surface area (Å²) in [6.07, 6.45) is 0. The summed E-state index contributed by atoms with van der Waals surface area (Å²) in [5.41, 5.74) is 3.78. The van der Waals surface area contributed by atoms with E-state index in [2.05, 4.69) is 0 Å². The maximum Gasteiger partial charge on any atom is 0.380 e. The lowest BCUT2D eigenvalue weighted by atomic mass is 9.77. The molecule has 2 aliphatic rings. The number of halogens is 6. The van der Waals surface area contributed by atoms with Gasteiger partial charge in [-0.2, -0.15) is 26.3 Å². The Labute approximate surface area is 189 Å². The van der Waals surface area contributed by atoms with Crippen molar-refractivity contribution in [1.82, 2.24) is 0 Å². The molecular formula is C25H26F6N2. The molecule has 1 aliphatic carbocycles. The van der Waals surface area contributed by atoms with E-state index in [-0.39, 0.29) is 13.1 Å². The number of aryl methyl sites for hydroxylation is 6. The fourth-order valence-corrected chi connectivity index (χ4v) is 5.39. The van der Waals surface area contributed by atoms with Crippen LogP contribution in [-0.2, 0) is 0 Å². The quantitative estimate of drug-likeness (QED) is 0.438. The second-order valence-corrected chi connectivity index (χ2v) is 9.22. The van der Waals surface area contributed by atoms with Gasteiger partial charge in [-0.3, -0.25) is 0 Å². The predicted octanol–water partition coefficient (Wildman–Crippen LogP) is 6.99. The van der Waals surface area contributed by atoms with Crippen LogP contribution in [0.2, 0.25) is 0 Å². The molecule has 1 aliphatic heterocycles. The van der Waals surface area contributed by atoms with E-state index >= 15 is 0 Å². The number of hydrogen-bond donors (Lipinski definition) is 0. The largest absolute Gasteiger partial charge is 0.380 e. The normalized spacial score (nSPS) is 21.0. The molecule has 1 saturated carbocycles. The summed E-state index contributed by atoms with van der Waals surface area (Å²) in [4.78, 5) is 2.71. The Morgan fingerprint density at radius 2 is 0.879 bits per heavy atom. The summed E-state index contributed by atoms with van der Waals surface area (Å²) in [5, 5.41) is 0. The van der Waals surface area contributed by atoms with Crippen molar-refractivity contribution >= 4 is 11.4 Å². The third-order valence-corrected chi connectivity index (χ3v) is 6.51. The summed E-state index contributed by atoms with van der Waals surface area (Å²) in [6, 6.07) is 7.28. The summed E-state index contributed by atoms with van der Waals surface area (Å²) in [6.45, 7) is 11.0. The molecule has 2 nitrogen and oxygen atoms in total. The molecular weight excluding hydrogens is 442 g/mol. The van der Waals surface area contributed by atoms with E-state index in [9.17, 15) is 26.3 Å². The van der Waals surface area contributed by atoms with Gasteiger partial charge in [-0.1, -0.05) is 35.4 Å². The SMILES string of the molecule is Cc1cc(C)c(N2CCN(c3c(C)cc(C)cc3C)C2=C2C(F)(F)C(F)(F)C2(F)F)c(C)c1. The molecule has 2 aromatic carbocycles. The molecule has 0 spiro atoms. The van der Waals surface area contributed by atoms with Crippen molar-refractivity contribution in [3.8, 4) is 0 Å². The molecule has 178 valence electrons. The Morgan fingerprint density at radius 1 is 0.576 bits per heavy atom. The molecule has 0 bridgehead atoms. The van der Waals surface area contributed by atoms with E-state index < -0.39 is 29.2 Å². The summed E-state index contributed by atoms with van der Waals surface area (Å²) >= 11 is 0. The number of benzene rings is 2. The highest BCUT2D eigenvalue weighted by Crippen LogP contribution is 2.66. The standard InChI is InChI=1S/C25H26F6N2/c1-13-9-15(3)19(16(4)10-13)32-7-8-33(20-17(5)11-14(2)12-18(20)6)22(32)21-23(26,27)25(30,31)24(21,28)29/h9-12H,7-8H2,1-6H3. The van der Waals surface area contributed by atoms with Crippen LogP contribution in [0.15, 0.2) is 35.7 Å². The van der Waals surface area contributed by atoms with Crippen LogP contribution < -0.4 is 9.80 Å². The number of allylic oxidation sites excluding steroid dienone is 1. The van der Waals surface area contributed by atoms with Gasteiger partial charge in [0, 0.05) is 24.5 Å². The van der Waals surface area contributed by atoms with Crippen molar-refractivity contribution in [2.24, 2.45) is 0 Å². The highest BCUT2D eigenvalue weighted by molar-refractivity contribution is 5.75. The Balaban J connectivity index is 2.03. The maximum absolute atomic E-state index is 14.7. The first kappa shape index (κ1) is 23.5. The minimum atomic E-state index is -5.45. The molecule has 33 heavy (non-hydrogen) atoms. The van der Waals surface area contributed by atoms with E-state index in [0.717, 1.165) is 11.1 Å². The molecule has 0 aromatic heterocycles. The molecule has 0 radical (unpaired) electrons. The van der Waals surface area contributed by atoms with Gasteiger partial charge >= 0.3 is 17.8 Å². The molecule has 0 unspecified atom stereocenters. The number of hydrogen-bond acceptors (Lipinski definition) is 2. The van der Waals surface area contributed by atoms with Gasteiger partial charge < -0.3 is 9.80 Å². The number of alkyl halides is 6. The van der Waals surface area contributed by atoms with Crippen LogP contribution in [0.1, 0.15) is 33.4 Å². The Bertz CT molecular complexity index is 1050. The van der Waals surface area contributed by atoms with Crippen molar-refractivity contribution in [1.29, 1.82) is 0 Å². The predicted molar refractivity (Wildman–Crippen MR) is 118 cm³/mol. The van der Waals surface area contributed by atoms with E-state index in [0.29, 0.717) is 33.6 Å². The molecule has 0 amide bonds. The average molecular weight is 468 g/mol. The van der Waals surface area contributed by atoms with Gasteiger partial charge in [0.15, 0.2) is 0 Å². The molecule has 2 fully saturated rings. The van der Waals surface area contributed by atoms with Crippen LogP contribution in [-0.4, -0.2) is 30.9 Å². The van der Waals surface area contributed by atoms with Crippen molar-refractivity contribution in [2.45, 2.75) is 59.3 Å². The minimum absolute atomic E-state index is 0.105. The highest BCUT2D eigenvalue weighted by Gasteiger charge is 2.89. The molecule has 1 heterocycles. The summed E-state index contributed by atoms with van der Waals surface area (Å²) in [5.74, 6) is -15.9. The third kappa shape index (κ3) is 3.09. The van der Waals surface area contributed by atoms with Crippen LogP contribution in [0.25, 0.3) is 0 Å². The lowest BCUT2D eigenvalue weighted by Crippen LogP contribution is -2.70. The number of rotatable bonds is 2. The second kappa shape index (κ2) is 7.18. The first-order chi connectivity index (χ1) is 15.1. The molecule has 2 aromatic rings. The zero-order chi connectivity index (χ0) is 24.7. The number of nitrogens with zero attached hydrogens (tertiary/aromatic N) is 2.